The van der Waals surface area contributed by atoms with E-state index in [-0.39, 0.29) is 11.5 Å². The summed E-state index contributed by atoms with van der Waals surface area (Å²) >= 11 is 0. The minimum Gasteiger partial charge on any atom is -0.472 e. The van der Waals surface area contributed by atoms with Crippen molar-refractivity contribution in [2.75, 3.05) is 5.32 Å². The van der Waals surface area contributed by atoms with Crippen molar-refractivity contribution in [1.29, 1.82) is 0 Å². The second kappa shape index (κ2) is 5.58. The number of aromatic amines is 1. The van der Waals surface area contributed by atoms with Gasteiger partial charge in [0, 0.05) is 11.6 Å². The minimum atomic E-state index is -0.545. The molecule has 1 aromatic carbocycles. The van der Waals surface area contributed by atoms with Crippen molar-refractivity contribution >= 4 is 22.8 Å². The van der Waals surface area contributed by atoms with Gasteiger partial charge in [-0.2, -0.15) is 4.98 Å². The highest BCUT2D eigenvalue weighted by Crippen LogP contribution is 2.20. The van der Waals surface area contributed by atoms with Gasteiger partial charge in [-0.25, -0.2) is 4.39 Å². The average molecular weight is 323 g/mol. The molecule has 0 saturated heterocycles. The third-order valence-electron chi connectivity index (χ3n) is 3.42. The molecule has 0 spiro atoms. The van der Waals surface area contributed by atoms with Crippen LogP contribution in [-0.2, 0) is 0 Å². The number of hydrogen-bond acceptors (Lipinski definition) is 5. The average Bonchev–Trinajstić information content (AvgIpc) is 3.25. The molecule has 0 aliphatic rings. The molecule has 0 bridgehead atoms. The van der Waals surface area contributed by atoms with E-state index in [9.17, 15) is 9.18 Å². The molecule has 118 valence electrons. The first-order valence-electron chi connectivity index (χ1n) is 7.01. The number of fused-ring (bicyclic) bond motifs is 1. The van der Waals surface area contributed by atoms with E-state index >= 15 is 0 Å². The van der Waals surface area contributed by atoms with E-state index in [1.165, 1.54) is 18.6 Å². The number of aromatic nitrogens is 4. The molecule has 0 unspecified atom stereocenters. The van der Waals surface area contributed by atoms with E-state index < -0.39 is 11.7 Å². The number of amides is 1. The molecule has 0 fully saturated rings. The molecular weight excluding hydrogens is 313 g/mol. The summed E-state index contributed by atoms with van der Waals surface area (Å²) in [5, 5.41) is 9.67. The minimum absolute atomic E-state index is 0.0737. The lowest BCUT2D eigenvalue weighted by molar-refractivity contribution is 0.102. The summed E-state index contributed by atoms with van der Waals surface area (Å²) in [6.45, 7) is 0. The maximum Gasteiger partial charge on any atom is 0.260 e. The Hall–Kier alpha value is -3.55. The summed E-state index contributed by atoms with van der Waals surface area (Å²) in [6, 6.07) is 7.52. The Labute approximate surface area is 134 Å². The Kier molecular flexibility index (Phi) is 3.27. The first-order chi connectivity index (χ1) is 11.7. The van der Waals surface area contributed by atoms with Gasteiger partial charge >= 0.3 is 0 Å². The zero-order valence-corrected chi connectivity index (χ0v) is 12.2. The fraction of sp³-hybridized carbons (Fsp3) is 0. The molecule has 1 amide bonds. The van der Waals surface area contributed by atoms with Gasteiger partial charge in [-0.3, -0.25) is 20.2 Å². The lowest BCUT2D eigenvalue weighted by Gasteiger charge is -2.05. The van der Waals surface area contributed by atoms with E-state index in [4.69, 9.17) is 4.42 Å². The van der Waals surface area contributed by atoms with Crippen LogP contribution in [0.3, 0.4) is 0 Å². The van der Waals surface area contributed by atoms with Gasteiger partial charge in [-0.15, -0.1) is 5.10 Å². The zero-order chi connectivity index (χ0) is 16.5. The molecule has 3 aromatic heterocycles. The molecule has 2 N–H and O–H groups in total. The number of carbonyl (C=O) groups excluding carboxylic acids is 1. The summed E-state index contributed by atoms with van der Waals surface area (Å²) in [4.78, 5) is 20.7. The Morgan fingerprint density at radius 3 is 3.04 bits per heavy atom. The van der Waals surface area contributed by atoms with Crippen LogP contribution in [0.15, 0.2) is 53.5 Å². The summed E-state index contributed by atoms with van der Waals surface area (Å²) in [7, 11) is 0. The SMILES string of the molecule is O=C(Nc1n[nH]c(-c2ccoc2)n1)c1cc(F)cc2cccnc12. The number of furan rings is 1. The third-order valence-corrected chi connectivity index (χ3v) is 3.42. The van der Waals surface area contributed by atoms with E-state index in [1.54, 1.807) is 24.4 Å². The molecule has 0 aliphatic heterocycles. The lowest BCUT2D eigenvalue weighted by Crippen LogP contribution is -2.14. The van der Waals surface area contributed by atoms with E-state index in [0.29, 0.717) is 22.3 Å². The maximum atomic E-state index is 13.7. The second-order valence-corrected chi connectivity index (χ2v) is 5.00. The van der Waals surface area contributed by atoms with Crippen LogP contribution in [0, 0.1) is 5.82 Å². The monoisotopic (exact) mass is 323 g/mol. The van der Waals surface area contributed by atoms with Crippen LogP contribution in [0.4, 0.5) is 10.3 Å². The van der Waals surface area contributed by atoms with Gasteiger partial charge in [0.25, 0.3) is 5.91 Å². The smallest absolute Gasteiger partial charge is 0.260 e. The molecule has 0 aliphatic carbocycles. The largest absolute Gasteiger partial charge is 0.472 e. The number of hydrogen-bond donors (Lipinski definition) is 2. The Balaban J connectivity index is 1.65. The number of nitrogens with one attached hydrogen (secondary N) is 2. The van der Waals surface area contributed by atoms with Crippen molar-refractivity contribution < 1.29 is 13.6 Å². The Morgan fingerprint density at radius 2 is 2.21 bits per heavy atom. The normalized spacial score (nSPS) is 10.9. The number of nitrogens with zero attached hydrogens (tertiary/aromatic N) is 3. The third kappa shape index (κ3) is 2.50. The number of rotatable bonds is 3. The van der Waals surface area contributed by atoms with Gasteiger partial charge in [0.15, 0.2) is 5.82 Å². The number of carbonyl (C=O) groups is 1. The van der Waals surface area contributed by atoms with Crippen molar-refractivity contribution in [2.24, 2.45) is 0 Å². The van der Waals surface area contributed by atoms with Gasteiger partial charge in [-0.1, -0.05) is 6.07 Å². The highest BCUT2D eigenvalue weighted by atomic mass is 19.1. The lowest BCUT2D eigenvalue weighted by atomic mass is 10.1. The summed E-state index contributed by atoms with van der Waals surface area (Å²) in [5.41, 5.74) is 1.21. The molecule has 0 saturated carbocycles. The summed E-state index contributed by atoms with van der Waals surface area (Å²) in [5.74, 6) is -0.545. The molecule has 3 heterocycles. The van der Waals surface area contributed by atoms with Crippen molar-refractivity contribution in [3.05, 3.63) is 60.4 Å². The van der Waals surface area contributed by atoms with Gasteiger partial charge in [0.2, 0.25) is 5.95 Å². The van der Waals surface area contributed by atoms with Crippen LogP contribution in [0.1, 0.15) is 10.4 Å². The number of benzene rings is 1. The molecule has 7 nitrogen and oxygen atoms in total. The number of pyridine rings is 1. The second-order valence-electron chi connectivity index (χ2n) is 5.00. The Morgan fingerprint density at radius 1 is 1.29 bits per heavy atom. The van der Waals surface area contributed by atoms with Crippen LogP contribution in [-0.4, -0.2) is 26.1 Å². The van der Waals surface area contributed by atoms with E-state index in [1.807, 2.05) is 0 Å². The van der Waals surface area contributed by atoms with Gasteiger partial charge in [0.05, 0.1) is 22.9 Å². The van der Waals surface area contributed by atoms with Crippen LogP contribution in [0.5, 0.6) is 0 Å². The fourth-order valence-electron chi connectivity index (χ4n) is 2.34. The van der Waals surface area contributed by atoms with Gasteiger partial charge < -0.3 is 4.42 Å². The van der Waals surface area contributed by atoms with Crippen molar-refractivity contribution in [1.82, 2.24) is 20.2 Å². The van der Waals surface area contributed by atoms with Crippen LogP contribution >= 0.6 is 0 Å². The number of halogens is 1. The van der Waals surface area contributed by atoms with Crippen LogP contribution in [0.2, 0.25) is 0 Å². The molecule has 0 atom stereocenters. The molecule has 4 aromatic rings. The molecule has 4 rings (SSSR count). The number of H-pyrrole nitrogens is 1. The molecule has 24 heavy (non-hydrogen) atoms. The summed E-state index contributed by atoms with van der Waals surface area (Å²) in [6.07, 6.45) is 4.54. The standard InChI is InChI=1S/C16H10FN5O2/c17-11-6-9-2-1-4-18-13(9)12(7-11)15(23)20-16-19-14(21-22-16)10-3-5-24-8-10/h1-8H,(H2,19,20,21,22,23). The van der Waals surface area contributed by atoms with Gasteiger partial charge in [0.1, 0.15) is 12.1 Å². The molecular formula is C16H10FN5O2. The van der Waals surface area contributed by atoms with E-state index in [2.05, 4.69) is 25.5 Å². The number of anilines is 1. The topological polar surface area (TPSA) is 96.7 Å². The zero-order valence-electron chi connectivity index (χ0n) is 12.2. The first kappa shape index (κ1) is 14.1. The predicted octanol–water partition coefficient (Wildman–Crippen LogP) is 3.00. The van der Waals surface area contributed by atoms with Crippen LogP contribution in [0.25, 0.3) is 22.3 Å². The molecule has 0 radical (unpaired) electrons. The van der Waals surface area contributed by atoms with Crippen molar-refractivity contribution in [3.8, 4) is 11.4 Å². The summed E-state index contributed by atoms with van der Waals surface area (Å²) < 4.78 is 18.7. The fourth-order valence-corrected chi connectivity index (χ4v) is 2.34. The van der Waals surface area contributed by atoms with Crippen molar-refractivity contribution in [2.45, 2.75) is 0 Å². The van der Waals surface area contributed by atoms with Gasteiger partial charge in [-0.05, 0) is 24.3 Å². The Bertz CT molecular complexity index is 1030. The first-order valence-corrected chi connectivity index (χ1v) is 7.01. The molecule has 8 heteroatoms. The van der Waals surface area contributed by atoms with Crippen molar-refractivity contribution in [3.63, 3.8) is 0 Å². The highest BCUT2D eigenvalue weighted by molar-refractivity contribution is 6.11. The van der Waals surface area contributed by atoms with Crippen LogP contribution < -0.4 is 5.32 Å². The maximum absolute atomic E-state index is 13.7. The highest BCUT2D eigenvalue weighted by Gasteiger charge is 2.16. The quantitative estimate of drug-likeness (QED) is 0.604. The predicted molar refractivity (Wildman–Crippen MR) is 83.7 cm³/mol. The van der Waals surface area contributed by atoms with E-state index in [0.717, 1.165) is 6.07 Å².